The van der Waals surface area contributed by atoms with Crippen molar-refractivity contribution in [1.82, 2.24) is 4.98 Å². The summed E-state index contributed by atoms with van der Waals surface area (Å²) in [6, 6.07) is 13.0. The summed E-state index contributed by atoms with van der Waals surface area (Å²) < 4.78 is 0.607. The van der Waals surface area contributed by atoms with Crippen molar-refractivity contribution in [2.75, 3.05) is 11.5 Å². The topological polar surface area (TPSA) is 12.9 Å². The predicted molar refractivity (Wildman–Crippen MR) is 81.9 cm³/mol. The summed E-state index contributed by atoms with van der Waals surface area (Å²) in [5.74, 6) is 2.57. The molecule has 1 saturated heterocycles. The van der Waals surface area contributed by atoms with E-state index in [-0.39, 0.29) is 0 Å². The highest BCUT2D eigenvalue weighted by molar-refractivity contribution is 8.16. The van der Waals surface area contributed by atoms with Crippen LogP contribution in [0.25, 0.3) is 11.1 Å². The maximum absolute atomic E-state index is 4.19. The molecule has 1 aromatic carbocycles. The van der Waals surface area contributed by atoms with E-state index in [4.69, 9.17) is 0 Å². The van der Waals surface area contributed by atoms with Gasteiger partial charge in [0.2, 0.25) is 0 Å². The van der Waals surface area contributed by atoms with Crippen LogP contribution in [0.15, 0.2) is 48.8 Å². The molecule has 92 valence electrons. The smallest absolute Gasteiger partial charge is 0.0751 e. The van der Waals surface area contributed by atoms with Gasteiger partial charge in [-0.15, -0.1) is 23.5 Å². The zero-order valence-electron chi connectivity index (χ0n) is 10.1. The summed E-state index contributed by atoms with van der Waals surface area (Å²) in [5, 5.41) is 0. The zero-order chi connectivity index (χ0) is 12.2. The fraction of sp³-hybridized carbons (Fsp3) is 0.267. The van der Waals surface area contributed by atoms with Crippen molar-refractivity contribution in [2.24, 2.45) is 0 Å². The Hall–Kier alpha value is -0.930. The molecule has 0 amide bonds. The molecule has 1 aliphatic rings. The molecular weight excluding hydrogens is 258 g/mol. The number of nitrogens with zero attached hydrogens (tertiary/aromatic N) is 1. The Kier molecular flexibility index (Phi) is 3.91. The molecule has 0 aliphatic carbocycles. The number of benzene rings is 1. The summed E-state index contributed by atoms with van der Waals surface area (Å²) in [6.45, 7) is 0. The minimum Gasteiger partial charge on any atom is -0.264 e. The van der Waals surface area contributed by atoms with E-state index < -0.39 is 0 Å². The van der Waals surface area contributed by atoms with Gasteiger partial charge in [-0.3, -0.25) is 4.98 Å². The Labute approximate surface area is 116 Å². The maximum atomic E-state index is 4.19. The van der Waals surface area contributed by atoms with Crippen molar-refractivity contribution in [3.8, 4) is 11.1 Å². The normalized spacial score (nSPS) is 16.7. The van der Waals surface area contributed by atoms with Gasteiger partial charge in [0.25, 0.3) is 0 Å². The van der Waals surface area contributed by atoms with E-state index in [9.17, 15) is 0 Å². The fourth-order valence-corrected chi connectivity index (χ4v) is 4.95. The van der Waals surface area contributed by atoms with Crippen LogP contribution >= 0.6 is 23.5 Å². The van der Waals surface area contributed by atoms with E-state index in [2.05, 4.69) is 58.8 Å². The molecule has 2 heterocycles. The molecule has 3 rings (SSSR count). The molecule has 1 nitrogen and oxygen atoms in total. The van der Waals surface area contributed by atoms with Crippen molar-refractivity contribution in [3.63, 3.8) is 0 Å². The molecular formula is C15H15NS2. The van der Waals surface area contributed by atoms with E-state index >= 15 is 0 Å². The van der Waals surface area contributed by atoms with E-state index in [0.29, 0.717) is 4.58 Å². The van der Waals surface area contributed by atoms with Gasteiger partial charge in [-0.1, -0.05) is 24.3 Å². The lowest BCUT2D eigenvalue weighted by Gasteiger charge is -2.21. The quantitative estimate of drug-likeness (QED) is 0.792. The lowest BCUT2D eigenvalue weighted by molar-refractivity contribution is 1.10. The molecule has 0 spiro atoms. The van der Waals surface area contributed by atoms with Crippen LogP contribution in [-0.4, -0.2) is 16.5 Å². The molecule has 0 saturated carbocycles. The second kappa shape index (κ2) is 5.81. The highest BCUT2D eigenvalue weighted by atomic mass is 32.2. The monoisotopic (exact) mass is 273 g/mol. The first-order valence-corrected chi connectivity index (χ1v) is 8.27. The highest BCUT2D eigenvalue weighted by Crippen LogP contribution is 2.44. The minimum absolute atomic E-state index is 0.607. The van der Waals surface area contributed by atoms with Gasteiger partial charge in [-0.25, -0.2) is 0 Å². The Morgan fingerprint density at radius 2 is 1.83 bits per heavy atom. The second-order valence-electron chi connectivity index (χ2n) is 4.29. The standard InChI is InChI=1S/C15H15NS2/c1-4-12(14-6-2-7-16-11-14)10-13(5-1)15-17-8-3-9-18-15/h1-2,4-7,10-11,15H,3,8-9H2. The van der Waals surface area contributed by atoms with Gasteiger partial charge in [0.1, 0.15) is 0 Å². The Morgan fingerprint density at radius 3 is 2.61 bits per heavy atom. The average Bonchev–Trinajstić information content (AvgIpc) is 2.49. The second-order valence-corrected chi connectivity index (χ2v) is 7.02. The summed E-state index contributed by atoms with van der Waals surface area (Å²) in [6.07, 6.45) is 5.09. The van der Waals surface area contributed by atoms with Crippen LogP contribution in [0.5, 0.6) is 0 Å². The molecule has 18 heavy (non-hydrogen) atoms. The highest BCUT2D eigenvalue weighted by Gasteiger charge is 2.16. The van der Waals surface area contributed by atoms with Crippen LogP contribution in [0.1, 0.15) is 16.6 Å². The number of pyridine rings is 1. The summed E-state index contributed by atoms with van der Waals surface area (Å²) in [7, 11) is 0. The van der Waals surface area contributed by atoms with E-state index in [1.165, 1.54) is 34.6 Å². The molecule has 0 atom stereocenters. The molecule has 3 heteroatoms. The number of rotatable bonds is 2. The fourth-order valence-electron chi connectivity index (χ4n) is 2.08. The van der Waals surface area contributed by atoms with Crippen LogP contribution in [0.4, 0.5) is 0 Å². The molecule has 1 aromatic heterocycles. The van der Waals surface area contributed by atoms with E-state index in [1.54, 1.807) is 0 Å². The van der Waals surface area contributed by atoms with E-state index in [0.717, 1.165) is 0 Å². The molecule has 0 unspecified atom stereocenters. The average molecular weight is 273 g/mol. The molecule has 0 N–H and O–H groups in total. The van der Waals surface area contributed by atoms with E-state index in [1.807, 2.05) is 18.5 Å². The van der Waals surface area contributed by atoms with Gasteiger partial charge >= 0.3 is 0 Å². The van der Waals surface area contributed by atoms with Gasteiger partial charge in [-0.05, 0) is 46.7 Å². The largest absolute Gasteiger partial charge is 0.264 e. The van der Waals surface area contributed by atoms with Crippen molar-refractivity contribution in [2.45, 2.75) is 11.0 Å². The van der Waals surface area contributed by atoms with Gasteiger partial charge < -0.3 is 0 Å². The number of hydrogen-bond donors (Lipinski definition) is 0. The lowest BCUT2D eigenvalue weighted by atomic mass is 10.1. The van der Waals surface area contributed by atoms with Crippen molar-refractivity contribution < 1.29 is 0 Å². The van der Waals surface area contributed by atoms with Crippen LogP contribution in [0.3, 0.4) is 0 Å². The molecule has 0 radical (unpaired) electrons. The number of hydrogen-bond acceptors (Lipinski definition) is 3. The predicted octanol–water partition coefficient (Wildman–Crippen LogP) is 4.62. The van der Waals surface area contributed by atoms with Crippen LogP contribution in [0, 0.1) is 0 Å². The van der Waals surface area contributed by atoms with Gasteiger partial charge in [0.05, 0.1) is 4.58 Å². The Balaban J connectivity index is 1.89. The Bertz CT molecular complexity index is 507. The third-order valence-corrected chi connectivity index (χ3v) is 6.00. The number of aromatic nitrogens is 1. The number of thioether (sulfide) groups is 2. The summed E-state index contributed by atoms with van der Waals surface area (Å²) in [4.78, 5) is 4.19. The van der Waals surface area contributed by atoms with Gasteiger partial charge in [-0.2, -0.15) is 0 Å². The van der Waals surface area contributed by atoms with Crippen LogP contribution < -0.4 is 0 Å². The minimum atomic E-state index is 0.607. The lowest BCUT2D eigenvalue weighted by Crippen LogP contribution is -2.00. The molecule has 0 bridgehead atoms. The van der Waals surface area contributed by atoms with Crippen molar-refractivity contribution in [3.05, 3.63) is 54.4 Å². The summed E-state index contributed by atoms with van der Waals surface area (Å²) in [5.41, 5.74) is 3.91. The van der Waals surface area contributed by atoms with Crippen molar-refractivity contribution >= 4 is 23.5 Å². The van der Waals surface area contributed by atoms with Crippen LogP contribution in [0.2, 0.25) is 0 Å². The van der Waals surface area contributed by atoms with Crippen LogP contribution in [-0.2, 0) is 0 Å². The molecule has 2 aromatic rings. The first kappa shape index (κ1) is 12.1. The van der Waals surface area contributed by atoms with Gasteiger partial charge in [0, 0.05) is 12.4 Å². The zero-order valence-corrected chi connectivity index (χ0v) is 11.7. The first-order valence-electron chi connectivity index (χ1n) is 6.17. The third kappa shape index (κ3) is 2.73. The molecule has 1 aliphatic heterocycles. The Morgan fingerprint density at radius 1 is 1.00 bits per heavy atom. The molecule has 1 fully saturated rings. The SMILES string of the molecule is c1cncc(-c2cccc(C3SCCCS3)c2)c1. The van der Waals surface area contributed by atoms with Crippen molar-refractivity contribution in [1.29, 1.82) is 0 Å². The third-order valence-electron chi connectivity index (χ3n) is 2.98. The van der Waals surface area contributed by atoms with Gasteiger partial charge in [0.15, 0.2) is 0 Å². The maximum Gasteiger partial charge on any atom is 0.0751 e. The first-order chi connectivity index (χ1) is 8.93. The summed E-state index contributed by atoms with van der Waals surface area (Å²) >= 11 is 4.14.